The fourth-order valence-corrected chi connectivity index (χ4v) is 3.50. The first-order valence-corrected chi connectivity index (χ1v) is 8.45. The Hall–Kier alpha value is -1.49. The van der Waals surface area contributed by atoms with E-state index < -0.39 is 0 Å². The number of hydrogen-bond acceptors (Lipinski definition) is 2. The van der Waals surface area contributed by atoms with Gasteiger partial charge in [-0.15, -0.1) is 0 Å². The number of ether oxygens (including phenoxy) is 1. The molecule has 1 aliphatic carbocycles. The van der Waals surface area contributed by atoms with Gasteiger partial charge in [-0.25, -0.2) is 0 Å². The van der Waals surface area contributed by atoms with Gasteiger partial charge in [0.2, 0.25) is 0 Å². The molecule has 0 aliphatic heterocycles. The molecule has 2 rings (SSSR count). The van der Waals surface area contributed by atoms with Crippen molar-refractivity contribution in [2.45, 2.75) is 64.7 Å². The lowest BCUT2D eigenvalue weighted by Gasteiger charge is -2.29. The highest BCUT2D eigenvalue weighted by Gasteiger charge is 2.25. The number of para-hydroxylation sites is 1. The lowest BCUT2D eigenvalue weighted by molar-refractivity contribution is 0.287. The van der Waals surface area contributed by atoms with Gasteiger partial charge in [0.1, 0.15) is 11.8 Å². The second-order valence-corrected chi connectivity index (χ2v) is 6.19. The first-order valence-electron chi connectivity index (χ1n) is 8.45. The summed E-state index contributed by atoms with van der Waals surface area (Å²) >= 11 is 0. The van der Waals surface area contributed by atoms with Crippen molar-refractivity contribution >= 4 is 0 Å². The monoisotopic (exact) mass is 285 g/mol. The highest BCUT2D eigenvalue weighted by atomic mass is 16.5. The van der Waals surface area contributed by atoms with Gasteiger partial charge in [0, 0.05) is 0 Å². The smallest absolute Gasteiger partial charge is 0.140 e. The van der Waals surface area contributed by atoms with Gasteiger partial charge in [-0.2, -0.15) is 5.26 Å². The first kappa shape index (κ1) is 15.9. The molecule has 0 aromatic heterocycles. The second-order valence-electron chi connectivity index (χ2n) is 6.19. The molecule has 1 saturated carbocycles. The molecule has 1 aromatic carbocycles. The molecule has 21 heavy (non-hydrogen) atoms. The third kappa shape index (κ3) is 4.00. The van der Waals surface area contributed by atoms with E-state index in [2.05, 4.69) is 26.0 Å². The summed E-state index contributed by atoms with van der Waals surface area (Å²) in [6.45, 7) is 5.07. The van der Waals surface area contributed by atoms with Crippen LogP contribution in [0, 0.1) is 17.2 Å². The van der Waals surface area contributed by atoms with Crippen LogP contribution in [0.15, 0.2) is 18.2 Å². The van der Waals surface area contributed by atoms with Crippen LogP contribution in [-0.2, 0) is 0 Å². The summed E-state index contributed by atoms with van der Waals surface area (Å²) < 4.78 is 5.91. The van der Waals surface area contributed by atoms with Gasteiger partial charge in [-0.05, 0) is 55.6 Å². The zero-order valence-electron chi connectivity index (χ0n) is 13.4. The standard InChI is InChI=1S/C19H27NO/c1-3-6-15-9-11-16(12-10-15)18-8-5-7-17(14-20)19(18)21-13-4-2/h5,7-8,15-16H,3-4,6,9-13H2,1-2H3. The van der Waals surface area contributed by atoms with Crippen LogP contribution in [0.3, 0.4) is 0 Å². The van der Waals surface area contributed by atoms with Gasteiger partial charge >= 0.3 is 0 Å². The molecule has 0 N–H and O–H groups in total. The highest BCUT2D eigenvalue weighted by Crippen LogP contribution is 2.41. The normalized spacial score (nSPS) is 21.8. The number of nitrogens with zero attached hydrogens (tertiary/aromatic N) is 1. The molecule has 2 heteroatoms. The second kappa shape index (κ2) is 8.08. The van der Waals surface area contributed by atoms with Crippen molar-refractivity contribution in [2.75, 3.05) is 6.61 Å². The Balaban J connectivity index is 2.14. The Bertz CT molecular complexity index is 481. The van der Waals surface area contributed by atoms with Crippen LogP contribution < -0.4 is 4.74 Å². The molecule has 0 amide bonds. The number of rotatable bonds is 6. The van der Waals surface area contributed by atoms with Crippen LogP contribution in [0.2, 0.25) is 0 Å². The molecule has 1 aromatic rings. The molecule has 2 nitrogen and oxygen atoms in total. The van der Waals surface area contributed by atoms with E-state index in [-0.39, 0.29) is 0 Å². The van der Waals surface area contributed by atoms with Crippen LogP contribution in [-0.4, -0.2) is 6.61 Å². The minimum absolute atomic E-state index is 0.568. The maximum Gasteiger partial charge on any atom is 0.140 e. The zero-order chi connectivity index (χ0) is 15.1. The van der Waals surface area contributed by atoms with Crippen LogP contribution in [0.1, 0.15) is 75.8 Å². The average molecular weight is 285 g/mol. The van der Waals surface area contributed by atoms with E-state index >= 15 is 0 Å². The largest absolute Gasteiger partial charge is 0.492 e. The van der Waals surface area contributed by atoms with Crippen LogP contribution in [0.4, 0.5) is 0 Å². The van der Waals surface area contributed by atoms with Gasteiger partial charge in [0.15, 0.2) is 0 Å². The molecule has 0 atom stereocenters. The molecule has 0 unspecified atom stereocenters. The van der Waals surface area contributed by atoms with E-state index in [4.69, 9.17) is 4.74 Å². The van der Waals surface area contributed by atoms with Crippen molar-refractivity contribution in [1.29, 1.82) is 5.26 Å². The number of nitriles is 1. The molecular weight excluding hydrogens is 258 g/mol. The maximum atomic E-state index is 9.32. The average Bonchev–Trinajstić information content (AvgIpc) is 2.53. The van der Waals surface area contributed by atoms with E-state index in [9.17, 15) is 5.26 Å². The van der Waals surface area contributed by atoms with Gasteiger partial charge < -0.3 is 4.74 Å². The zero-order valence-corrected chi connectivity index (χ0v) is 13.4. The topological polar surface area (TPSA) is 33.0 Å². The first-order chi connectivity index (χ1) is 10.3. The van der Waals surface area contributed by atoms with Crippen molar-refractivity contribution in [1.82, 2.24) is 0 Å². The minimum Gasteiger partial charge on any atom is -0.492 e. The summed E-state index contributed by atoms with van der Waals surface area (Å²) in [4.78, 5) is 0. The van der Waals surface area contributed by atoms with Crippen molar-refractivity contribution in [3.05, 3.63) is 29.3 Å². The lowest BCUT2D eigenvalue weighted by Crippen LogP contribution is -2.14. The van der Waals surface area contributed by atoms with E-state index in [1.807, 2.05) is 12.1 Å². The quantitative estimate of drug-likeness (QED) is 0.699. The summed E-state index contributed by atoms with van der Waals surface area (Å²) in [5.74, 6) is 2.32. The fourth-order valence-electron chi connectivity index (χ4n) is 3.50. The highest BCUT2D eigenvalue weighted by molar-refractivity contribution is 5.50. The Morgan fingerprint density at radius 2 is 1.90 bits per heavy atom. The van der Waals surface area contributed by atoms with Crippen molar-refractivity contribution in [2.24, 2.45) is 5.92 Å². The summed E-state index contributed by atoms with van der Waals surface area (Å²) in [7, 11) is 0. The van der Waals surface area contributed by atoms with E-state index in [1.54, 1.807) is 0 Å². The van der Waals surface area contributed by atoms with Gasteiger partial charge in [0.25, 0.3) is 0 Å². The molecule has 0 saturated heterocycles. The van der Waals surface area contributed by atoms with Crippen molar-refractivity contribution < 1.29 is 4.74 Å². The molecule has 114 valence electrons. The van der Waals surface area contributed by atoms with Gasteiger partial charge in [-0.1, -0.05) is 38.8 Å². The van der Waals surface area contributed by atoms with E-state index in [0.29, 0.717) is 18.1 Å². The third-order valence-corrected chi connectivity index (χ3v) is 4.60. The van der Waals surface area contributed by atoms with Gasteiger partial charge in [-0.3, -0.25) is 0 Å². The molecule has 0 radical (unpaired) electrons. The molecule has 1 aliphatic rings. The fraction of sp³-hybridized carbons (Fsp3) is 0.632. The molecule has 0 heterocycles. The minimum atomic E-state index is 0.568. The van der Waals surface area contributed by atoms with E-state index in [0.717, 1.165) is 18.1 Å². The van der Waals surface area contributed by atoms with Gasteiger partial charge in [0.05, 0.1) is 12.2 Å². The molecule has 1 fully saturated rings. The summed E-state index contributed by atoms with van der Waals surface area (Å²) in [5, 5.41) is 9.32. The lowest BCUT2D eigenvalue weighted by atomic mass is 9.77. The van der Waals surface area contributed by atoms with Crippen molar-refractivity contribution in [3.8, 4) is 11.8 Å². The third-order valence-electron chi connectivity index (χ3n) is 4.60. The Morgan fingerprint density at radius 1 is 1.14 bits per heavy atom. The summed E-state index contributed by atoms with van der Waals surface area (Å²) in [6, 6.07) is 8.33. The van der Waals surface area contributed by atoms with Crippen molar-refractivity contribution in [3.63, 3.8) is 0 Å². The van der Waals surface area contributed by atoms with Crippen LogP contribution in [0.25, 0.3) is 0 Å². The maximum absolute atomic E-state index is 9.32. The predicted molar refractivity (Wildman–Crippen MR) is 86.6 cm³/mol. The summed E-state index contributed by atoms with van der Waals surface area (Å²) in [6.07, 6.45) is 8.76. The van der Waals surface area contributed by atoms with E-state index in [1.165, 1.54) is 44.1 Å². The number of hydrogen-bond donors (Lipinski definition) is 0. The predicted octanol–water partition coefficient (Wildman–Crippen LogP) is 5.42. The van der Waals surface area contributed by atoms with Crippen LogP contribution in [0.5, 0.6) is 5.75 Å². The van der Waals surface area contributed by atoms with Crippen LogP contribution >= 0.6 is 0 Å². The molecular formula is C19H27NO. The Kier molecular flexibility index (Phi) is 6.11. The summed E-state index contributed by atoms with van der Waals surface area (Å²) in [5.41, 5.74) is 1.95. The SMILES string of the molecule is CCCOc1c(C#N)cccc1C1CCC(CCC)CC1. The Morgan fingerprint density at radius 3 is 2.52 bits per heavy atom. The molecule has 0 bridgehead atoms. The number of benzene rings is 1. The Labute approximate surface area is 129 Å². The molecule has 0 spiro atoms.